The molecule has 2 heterocycles. The van der Waals surface area contributed by atoms with Gasteiger partial charge in [0.1, 0.15) is 0 Å². The van der Waals surface area contributed by atoms with Gasteiger partial charge in [-0.1, -0.05) is 18.7 Å². The highest BCUT2D eigenvalue weighted by atomic mass is 32.2. The molecule has 6 nitrogen and oxygen atoms in total. The van der Waals surface area contributed by atoms with Crippen LogP contribution in [0.5, 0.6) is 0 Å². The molecular formula is C16H24N4O2S2. The molecule has 2 rings (SSSR count). The van der Waals surface area contributed by atoms with Crippen molar-refractivity contribution in [2.75, 3.05) is 24.8 Å². The van der Waals surface area contributed by atoms with Gasteiger partial charge in [0.25, 0.3) is 0 Å². The fourth-order valence-corrected chi connectivity index (χ4v) is 4.11. The van der Waals surface area contributed by atoms with Crippen molar-refractivity contribution in [3.8, 4) is 0 Å². The lowest BCUT2D eigenvalue weighted by Crippen LogP contribution is -2.15. The first-order valence-electron chi connectivity index (χ1n) is 7.87. The van der Waals surface area contributed by atoms with E-state index in [-0.39, 0.29) is 5.91 Å². The highest BCUT2D eigenvalue weighted by Crippen LogP contribution is 2.24. The van der Waals surface area contributed by atoms with Crippen LogP contribution in [0, 0.1) is 20.8 Å². The second-order valence-corrected chi connectivity index (χ2v) is 7.57. The van der Waals surface area contributed by atoms with Crippen molar-refractivity contribution >= 4 is 34.1 Å². The summed E-state index contributed by atoms with van der Waals surface area (Å²) in [5, 5.41) is 4.40. The van der Waals surface area contributed by atoms with Gasteiger partial charge >= 0.3 is 0 Å². The molecule has 0 aliphatic carbocycles. The average Bonchev–Trinajstić information content (AvgIpc) is 3.03. The van der Waals surface area contributed by atoms with E-state index in [1.54, 1.807) is 7.11 Å². The van der Waals surface area contributed by atoms with E-state index in [1.807, 2.05) is 20.8 Å². The fourth-order valence-electron chi connectivity index (χ4n) is 2.27. The number of carbonyl (C=O) groups is 1. The fraction of sp³-hybridized carbons (Fsp3) is 0.562. The lowest BCUT2D eigenvalue weighted by Gasteiger charge is -2.09. The van der Waals surface area contributed by atoms with Gasteiger partial charge in [-0.15, -0.1) is 11.3 Å². The Kier molecular flexibility index (Phi) is 6.82. The van der Waals surface area contributed by atoms with E-state index in [0.717, 1.165) is 40.1 Å². The molecule has 0 spiro atoms. The zero-order valence-corrected chi connectivity index (χ0v) is 16.4. The Bertz CT molecular complexity index is 709. The number of thioether (sulfide) groups is 1. The number of rotatable bonds is 8. The first kappa shape index (κ1) is 19.0. The molecule has 1 N–H and O–H groups in total. The van der Waals surface area contributed by atoms with Crippen molar-refractivity contribution in [3.63, 3.8) is 0 Å². The number of hydrogen-bond acceptors (Lipinski definition) is 6. The molecule has 0 saturated carbocycles. The summed E-state index contributed by atoms with van der Waals surface area (Å²) in [6, 6.07) is 0. The van der Waals surface area contributed by atoms with Gasteiger partial charge in [-0.05, 0) is 27.2 Å². The number of thiazole rings is 1. The second kappa shape index (κ2) is 8.64. The normalized spacial score (nSPS) is 11.0. The Balaban J connectivity index is 1.97. The molecule has 0 unspecified atom stereocenters. The van der Waals surface area contributed by atoms with Gasteiger partial charge in [0, 0.05) is 24.2 Å². The van der Waals surface area contributed by atoms with Crippen LogP contribution < -0.4 is 5.32 Å². The molecule has 0 radical (unpaired) electrons. The summed E-state index contributed by atoms with van der Waals surface area (Å²) in [7, 11) is 1.68. The molecule has 2 aromatic rings. The molecule has 0 aromatic carbocycles. The van der Waals surface area contributed by atoms with Crippen molar-refractivity contribution in [1.82, 2.24) is 14.5 Å². The molecule has 0 fully saturated rings. The first-order chi connectivity index (χ1) is 11.5. The Morgan fingerprint density at radius 3 is 2.71 bits per heavy atom. The maximum Gasteiger partial charge on any atom is 0.236 e. The van der Waals surface area contributed by atoms with Crippen LogP contribution in [0.1, 0.15) is 28.9 Å². The minimum atomic E-state index is -0.0620. The van der Waals surface area contributed by atoms with Crippen LogP contribution >= 0.6 is 23.1 Å². The minimum absolute atomic E-state index is 0.0620. The Morgan fingerprint density at radius 2 is 2.08 bits per heavy atom. The number of nitrogens with one attached hydrogen (secondary N) is 1. The maximum atomic E-state index is 12.2. The van der Waals surface area contributed by atoms with Crippen LogP contribution in [0.3, 0.4) is 0 Å². The number of methoxy groups -OCH3 is 1. The maximum absolute atomic E-state index is 12.2. The van der Waals surface area contributed by atoms with Crippen LogP contribution in [0.15, 0.2) is 5.16 Å². The molecule has 0 bridgehead atoms. The SMILES string of the molecule is CCc1nc(NC(=O)CSc2nc(C)c(C)n2CCOC)sc1C. The lowest BCUT2D eigenvalue weighted by molar-refractivity contribution is -0.113. The summed E-state index contributed by atoms with van der Waals surface area (Å²) >= 11 is 2.96. The number of amides is 1. The number of carbonyl (C=O) groups excluding carboxylic acids is 1. The summed E-state index contributed by atoms with van der Waals surface area (Å²) in [4.78, 5) is 22.3. The predicted molar refractivity (Wildman–Crippen MR) is 99.2 cm³/mol. The second-order valence-electron chi connectivity index (χ2n) is 5.42. The van der Waals surface area contributed by atoms with Crippen molar-refractivity contribution in [2.45, 2.75) is 45.8 Å². The highest BCUT2D eigenvalue weighted by molar-refractivity contribution is 7.99. The zero-order valence-electron chi connectivity index (χ0n) is 14.8. The van der Waals surface area contributed by atoms with Gasteiger partial charge in [-0.25, -0.2) is 9.97 Å². The standard InChI is InChI=1S/C16H24N4O2S2/c1-6-13-12(4)24-15(18-13)19-14(21)9-23-16-17-10(2)11(3)20(16)7-8-22-5/h6-9H2,1-5H3,(H,18,19,21). The summed E-state index contributed by atoms with van der Waals surface area (Å²) in [5.74, 6) is 0.246. The number of aromatic nitrogens is 3. The topological polar surface area (TPSA) is 69.0 Å². The third-order valence-electron chi connectivity index (χ3n) is 3.75. The van der Waals surface area contributed by atoms with Gasteiger partial charge in [0.2, 0.25) is 5.91 Å². The molecule has 0 aliphatic rings. The molecule has 2 aromatic heterocycles. The molecule has 0 aliphatic heterocycles. The largest absolute Gasteiger partial charge is 0.383 e. The number of nitrogens with zero attached hydrogens (tertiary/aromatic N) is 3. The summed E-state index contributed by atoms with van der Waals surface area (Å²) in [6.07, 6.45) is 0.877. The number of ether oxygens (including phenoxy) is 1. The molecule has 24 heavy (non-hydrogen) atoms. The summed E-state index contributed by atoms with van der Waals surface area (Å²) in [5.41, 5.74) is 3.14. The molecule has 1 amide bonds. The number of anilines is 1. The van der Waals surface area contributed by atoms with E-state index < -0.39 is 0 Å². The average molecular weight is 369 g/mol. The van der Waals surface area contributed by atoms with E-state index in [0.29, 0.717) is 17.5 Å². The minimum Gasteiger partial charge on any atom is -0.383 e. The van der Waals surface area contributed by atoms with Crippen molar-refractivity contribution < 1.29 is 9.53 Å². The zero-order chi connectivity index (χ0) is 17.7. The van der Waals surface area contributed by atoms with E-state index in [1.165, 1.54) is 23.1 Å². The van der Waals surface area contributed by atoms with E-state index in [4.69, 9.17) is 4.74 Å². The molecule has 8 heteroatoms. The summed E-state index contributed by atoms with van der Waals surface area (Å²) < 4.78 is 7.25. The third-order valence-corrected chi connectivity index (χ3v) is 5.65. The van der Waals surface area contributed by atoms with Crippen LogP contribution in [0.25, 0.3) is 0 Å². The van der Waals surface area contributed by atoms with Crippen LogP contribution in [-0.4, -0.2) is 39.9 Å². The van der Waals surface area contributed by atoms with E-state index in [9.17, 15) is 4.79 Å². The van der Waals surface area contributed by atoms with Gasteiger partial charge in [-0.2, -0.15) is 0 Å². The number of aryl methyl sites for hydroxylation is 3. The molecule has 0 saturated heterocycles. The van der Waals surface area contributed by atoms with Crippen LogP contribution in [-0.2, 0) is 22.5 Å². The van der Waals surface area contributed by atoms with E-state index >= 15 is 0 Å². The van der Waals surface area contributed by atoms with Crippen LogP contribution in [0.4, 0.5) is 5.13 Å². The molecule has 0 atom stereocenters. The van der Waals surface area contributed by atoms with Crippen molar-refractivity contribution in [2.24, 2.45) is 0 Å². The van der Waals surface area contributed by atoms with E-state index in [2.05, 4.69) is 26.8 Å². The van der Waals surface area contributed by atoms with Gasteiger partial charge in [-0.3, -0.25) is 4.79 Å². The summed E-state index contributed by atoms with van der Waals surface area (Å²) in [6.45, 7) is 9.46. The molecular weight excluding hydrogens is 344 g/mol. The Hall–Kier alpha value is -1.38. The van der Waals surface area contributed by atoms with Gasteiger partial charge in [0.15, 0.2) is 10.3 Å². The monoisotopic (exact) mass is 368 g/mol. The molecule has 132 valence electrons. The van der Waals surface area contributed by atoms with Gasteiger partial charge < -0.3 is 14.6 Å². The quantitative estimate of drug-likeness (QED) is 0.725. The van der Waals surface area contributed by atoms with Gasteiger partial charge in [0.05, 0.1) is 23.7 Å². The number of imidazole rings is 1. The highest BCUT2D eigenvalue weighted by Gasteiger charge is 2.14. The smallest absolute Gasteiger partial charge is 0.236 e. The van der Waals surface area contributed by atoms with Crippen LogP contribution in [0.2, 0.25) is 0 Å². The Morgan fingerprint density at radius 1 is 1.33 bits per heavy atom. The Labute approximate surface area is 151 Å². The third kappa shape index (κ3) is 4.58. The lowest BCUT2D eigenvalue weighted by atomic mass is 10.3. The number of hydrogen-bond donors (Lipinski definition) is 1. The van der Waals surface area contributed by atoms with Crippen molar-refractivity contribution in [1.29, 1.82) is 0 Å². The van der Waals surface area contributed by atoms with Crippen molar-refractivity contribution in [3.05, 3.63) is 22.0 Å². The predicted octanol–water partition coefficient (Wildman–Crippen LogP) is 3.20. The first-order valence-corrected chi connectivity index (χ1v) is 9.68.